The Hall–Kier alpha value is -2.34. The highest BCUT2D eigenvalue weighted by atomic mass is 16.5. The van der Waals surface area contributed by atoms with Crippen LogP contribution in [-0.4, -0.2) is 53.4 Å². The van der Waals surface area contributed by atoms with Gasteiger partial charge in [-0.05, 0) is 49.4 Å². The second kappa shape index (κ2) is 9.21. The number of hydrogen-bond acceptors (Lipinski definition) is 4. The van der Waals surface area contributed by atoms with Crippen molar-refractivity contribution < 1.29 is 9.53 Å². The van der Waals surface area contributed by atoms with E-state index in [0.29, 0.717) is 5.69 Å². The largest absolute Gasteiger partial charge is 0.497 e. The van der Waals surface area contributed by atoms with E-state index in [1.54, 1.807) is 31.1 Å². The van der Waals surface area contributed by atoms with Gasteiger partial charge in [-0.2, -0.15) is 5.10 Å². The Kier molecular flexibility index (Phi) is 6.42. The van der Waals surface area contributed by atoms with Gasteiger partial charge in [-0.25, -0.2) is 0 Å². The topological polar surface area (TPSA) is 59.4 Å². The van der Waals surface area contributed by atoms with E-state index in [2.05, 4.69) is 39.6 Å². The number of aromatic nitrogens is 2. The van der Waals surface area contributed by atoms with Gasteiger partial charge in [-0.1, -0.05) is 31.4 Å². The van der Waals surface area contributed by atoms with Crippen LogP contribution in [0.15, 0.2) is 36.5 Å². The average molecular weight is 411 g/mol. The molecule has 0 unspecified atom stereocenters. The molecular weight excluding hydrogens is 376 g/mol. The average Bonchev–Trinajstić information content (AvgIpc) is 3.22. The molecule has 6 heteroatoms. The van der Waals surface area contributed by atoms with E-state index in [-0.39, 0.29) is 17.4 Å². The van der Waals surface area contributed by atoms with Crippen molar-refractivity contribution in [3.8, 4) is 5.75 Å². The molecule has 6 nitrogen and oxygen atoms in total. The number of carbonyl (C=O) groups excluding carboxylic acids is 1. The van der Waals surface area contributed by atoms with Crippen molar-refractivity contribution in [3.63, 3.8) is 0 Å². The van der Waals surface area contributed by atoms with Gasteiger partial charge in [-0.15, -0.1) is 0 Å². The maximum absolute atomic E-state index is 12.5. The summed E-state index contributed by atoms with van der Waals surface area (Å²) in [4.78, 5) is 15.1. The van der Waals surface area contributed by atoms with Crippen molar-refractivity contribution in [2.24, 2.45) is 7.05 Å². The van der Waals surface area contributed by atoms with Gasteiger partial charge in [0.05, 0.1) is 7.11 Å². The van der Waals surface area contributed by atoms with Gasteiger partial charge < -0.3 is 15.0 Å². The van der Waals surface area contributed by atoms with Crippen LogP contribution in [0.1, 0.15) is 61.0 Å². The summed E-state index contributed by atoms with van der Waals surface area (Å²) in [7, 11) is 3.53. The van der Waals surface area contributed by atoms with Gasteiger partial charge in [-0.3, -0.25) is 9.48 Å². The number of aryl methyl sites for hydroxylation is 1. The monoisotopic (exact) mass is 410 g/mol. The first-order chi connectivity index (χ1) is 14.6. The van der Waals surface area contributed by atoms with Crippen LogP contribution < -0.4 is 10.1 Å². The maximum atomic E-state index is 12.5. The van der Waals surface area contributed by atoms with Crippen molar-refractivity contribution in [2.45, 2.75) is 56.4 Å². The molecule has 0 atom stereocenters. The minimum Gasteiger partial charge on any atom is -0.497 e. The summed E-state index contributed by atoms with van der Waals surface area (Å²) < 4.78 is 7.00. The van der Waals surface area contributed by atoms with Gasteiger partial charge in [0.2, 0.25) is 0 Å². The molecule has 2 fully saturated rings. The molecule has 1 aliphatic heterocycles. The first kappa shape index (κ1) is 20.9. The minimum atomic E-state index is -0.0181. The lowest BCUT2D eigenvalue weighted by Gasteiger charge is -2.44. The lowest BCUT2D eigenvalue weighted by Crippen LogP contribution is -2.49. The molecule has 1 saturated heterocycles. The predicted molar refractivity (Wildman–Crippen MR) is 118 cm³/mol. The molecule has 1 aromatic heterocycles. The molecular formula is C24H34N4O2. The van der Waals surface area contributed by atoms with Gasteiger partial charge >= 0.3 is 0 Å². The summed E-state index contributed by atoms with van der Waals surface area (Å²) in [5, 5.41) is 7.29. The molecule has 4 rings (SSSR count). The number of methoxy groups -OCH3 is 1. The number of amides is 1. The van der Waals surface area contributed by atoms with Gasteiger partial charge in [0.15, 0.2) is 0 Å². The highest BCUT2D eigenvalue weighted by Gasteiger charge is 2.36. The van der Waals surface area contributed by atoms with Crippen molar-refractivity contribution in [1.82, 2.24) is 20.0 Å². The summed E-state index contributed by atoms with van der Waals surface area (Å²) in [6, 6.07) is 10.8. The Balaban J connectivity index is 1.37. The fraction of sp³-hybridized carbons (Fsp3) is 0.583. The lowest BCUT2D eigenvalue weighted by atomic mass is 9.69. The molecule has 1 aliphatic carbocycles. The van der Waals surface area contributed by atoms with E-state index >= 15 is 0 Å². The summed E-state index contributed by atoms with van der Waals surface area (Å²) in [6.45, 7) is 3.18. The summed E-state index contributed by atoms with van der Waals surface area (Å²) >= 11 is 0. The molecule has 0 spiro atoms. The van der Waals surface area contributed by atoms with Crippen molar-refractivity contribution in [3.05, 3.63) is 47.8 Å². The Labute approximate surface area is 179 Å². The van der Waals surface area contributed by atoms with E-state index in [1.165, 1.54) is 37.7 Å². The van der Waals surface area contributed by atoms with Crippen molar-refractivity contribution in [2.75, 3.05) is 26.7 Å². The quantitative estimate of drug-likeness (QED) is 0.792. The first-order valence-corrected chi connectivity index (χ1v) is 11.3. The molecule has 2 heterocycles. The fourth-order valence-electron chi connectivity index (χ4n) is 5.23. The smallest absolute Gasteiger partial charge is 0.269 e. The number of nitrogens with zero attached hydrogens (tertiary/aromatic N) is 3. The molecule has 0 radical (unpaired) electrons. The zero-order valence-corrected chi connectivity index (χ0v) is 18.3. The molecule has 1 aromatic carbocycles. The molecule has 2 aromatic rings. The van der Waals surface area contributed by atoms with Gasteiger partial charge in [0.1, 0.15) is 11.4 Å². The van der Waals surface area contributed by atoms with Crippen LogP contribution in [0, 0.1) is 0 Å². The number of carbonyl (C=O) groups is 1. The highest BCUT2D eigenvalue weighted by molar-refractivity contribution is 5.92. The number of rotatable bonds is 6. The maximum Gasteiger partial charge on any atom is 0.269 e. The summed E-state index contributed by atoms with van der Waals surface area (Å²) in [5.41, 5.74) is 2.32. The molecule has 2 aliphatic rings. The van der Waals surface area contributed by atoms with Crippen LogP contribution in [0.2, 0.25) is 0 Å². The van der Waals surface area contributed by atoms with E-state index in [4.69, 9.17) is 4.74 Å². The number of ether oxygens (including phenoxy) is 1. The van der Waals surface area contributed by atoms with E-state index in [9.17, 15) is 4.79 Å². The molecule has 1 amide bonds. The van der Waals surface area contributed by atoms with Crippen molar-refractivity contribution >= 4 is 5.91 Å². The van der Waals surface area contributed by atoms with Gasteiger partial charge in [0.25, 0.3) is 5.91 Å². The Morgan fingerprint density at radius 3 is 2.43 bits per heavy atom. The number of piperidine rings is 1. The minimum absolute atomic E-state index is 0.0181. The van der Waals surface area contributed by atoms with E-state index in [1.807, 2.05) is 0 Å². The molecule has 1 N–H and O–H groups in total. The Morgan fingerprint density at radius 1 is 1.13 bits per heavy atom. The first-order valence-electron chi connectivity index (χ1n) is 11.3. The zero-order chi connectivity index (χ0) is 21.0. The Bertz CT molecular complexity index is 831. The summed E-state index contributed by atoms with van der Waals surface area (Å²) in [6.07, 6.45) is 10.2. The SMILES string of the molecule is COc1ccc(C2(CN3CCC(NC(=O)c4ccnn4C)CC3)CCCCC2)cc1. The molecule has 0 bridgehead atoms. The Morgan fingerprint density at radius 2 is 1.83 bits per heavy atom. The normalized spacial score (nSPS) is 20.1. The number of benzene rings is 1. The van der Waals surface area contributed by atoms with E-state index in [0.717, 1.165) is 38.2 Å². The summed E-state index contributed by atoms with van der Waals surface area (Å²) in [5.74, 6) is 0.908. The van der Waals surface area contributed by atoms with Crippen LogP contribution in [0.25, 0.3) is 0 Å². The predicted octanol–water partition coefficient (Wildman–Crippen LogP) is 3.53. The fourth-order valence-corrected chi connectivity index (χ4v) is 5.23. The van der Waals surface area contributed by atoms with Crippen LogP contribution in [0.5, 0.6) is 5.75 Å². The number of hydrogen-bond donors (Lipinski definition) is 1. The van der Waals surface area contributed by atoms with Gasteiger partial charge in [0, 0.05) is 44.3 Å². The molecule has 162 valence electrons. The van der Waals surface area contributed by atoms with E-state index < -0.39 is 0 Å². The lowest BCUT2D eigenvalue weighted by molar-refractivity contribution is 0.0882. The van der Waals surface area contributed by atoms with Crippen LogP contribution in [-0.2, 0) is 12.5 Å². The molecule has 30 heavy (non-hydrogen) atoms. The third-order valence-electron chi connectivity index (χ3n) is 7.02. The highest BCUT2D eigenvalue weighted by Crippen LogP contribution is 2.41. The van der Waals surface area contributed by atoms with Crippen LogP contribution in [0.3, 0.4) is 0 Å². The second-order valence-electron chi connectivity index (χ2n) is 8.93. The van der Waals surface area contributed by atoms with Crippen LogP contribution in [0.4, 0.5) is 0 Å². The zero-order valence-electron chi connectivity index (χ0n) is 18.3. The second-order valence-corrected chi connectivity index (χ2v) is 8.93. The number of likely N-dealkylation sites (tertiary alicyclic amines) is 1. The molecule has 1 saturated carbocycles. The third kappa shape index (κ3) is 4.53. The van der Waals surface area contributed by atoms with Crippen LogP contribution >= 0.6 is 0 Å². The third-order valence-corrected chi connectivity index (χ3v) is 7.02. The van der Waals surface area contributed by atoms with Crippen molar-refractivity contribution in [1.29, 1.82) is 0 Å². The number of nitrogens with one attached hydrogen (secondary N) is 1. The standard InChI is InChI=1S/C24H34N4O2/c1-27-22(10-15-25-27)23(29)26-20-11-16-28(17-12-20)18-24(13-4-3-5-14-24)19-6-8-21(30-2)9-7-19/h6-10,15,20H,3-5,11-14,16-18H2,1-2H3,(H,26,29).